The predicted octanol–water partition coefficient (Wildman–Crippen LogP) is 0.739. The van der Waals surface area contributed by atoms with E-state index < -0.39 is 0 Å². The van der Waals surface area contributed by atoms with E-state index in [1.54, 1.807) is 19.1 Å². The van der Waals surface area contributed by atoms with Gasteiger partial charge in [0.15, 0.2) is 5.82 Å². The van der Waals surface area contributed by atoms with E-state index >= 15 is 0 Å². The van der Waals surface area contributed by atoms with Crippen molar-refractivity contribution in [1.29, 1.82) is 0 Å². The Morgan fingerprint density at radius 3 is 3.10 bits per heavy atom. The minimum atomic E-state index is -0.0789. The second-order valence-electron chi connectivity index (χ2n) is 5.54. The average Bonchev–Trinajstić information content (AvgIpc) is 3.08. The number of carbonyl (C=O) groups excluding carboxylic acids is 1. The fourth-order valence-corrected chi connectivity index (χ4v) is 3.43. The Kier molecular flexibility index (Phi) is 2.41. The van der Waals surface area contributed by atoms with Gasteiger partial charge in [-0.3, -0.25) is 14.6 Å². The molecule has 0 spiro atoms. The number of hydrogen-bond donors (Lipinski definition) is 1. The minimum absolute atomic E-state index is 0.0789. The number of aromatic amines is 1. The molecule has 1 aromatic rings. The van der Waals surface area contributed by atoms with Gasteiger partial charge in [-0.25, -0.2) is 9.98 Å². The van der Waals surface area contributed by atoms with Crippen LogP contribution in [-0.4, -0.2) is 53.0 Å². The van der Waals surface area contributed by atoms with Crippen LogP contribution in [0.3, 0.4) is 0 Å². The van der Waals surface area contributed by atoms with E-state index in [-0.39, 0.29) is 5.91 Å². The molecular weight excluding hydrogens is 258 g/mol. The van der Waals surface area contributed by atoms with Crippen LogP contribution in [-0.2, 0) is 11.3 Å². The third kappa shape index (κ3) is 1.41. The maximum Gasteiger partial charge on any atom is 0.280 e. The van der Waals surface area contributed by atoms with Crippen molar-refractivity contribution in [3.8, 4) is 0 Å². The molecule has 1 aliphatic carbocycles. The Bertz CT molecular complexity index is 608. The summed E-state index contributed by atoms with van der Waals surface area (Å²) < 4.78 is 5.10. The standard InChI is InChI=1S/C13H17N5O2/c1-17-12(19)10-11(16-9(15-10)6-20-2)18-8-5-3-4-7(8)14-13(17)18/h7-8H,3-6H2,1-2H3,(H,15,16)/t7-,8+/m1/s1. The number of aromatic nitrogens is 2. The summed E-state index contributed by atoms with van der Waals surface area (Å²) >= 11 is 0. The zero-order valence-electron chi connectivity index (χ0n) is 11.6. The summed E-state index contributed by atoms with van der Waals surface area (Å²) in [4.78, 5) is 28.5. The number of ether oxygens (including phenoxy) is 1. The van der Waals surface area contributed by atoms with E-state index in [0.717, 1.165) is 18.8 Å². The van der Waals surface area contributed by atoms with Crippen molar-refractivity contribution in [2.45, 2.75) is 38.0 Å². The number of carbonyl (C=O) groups is 1. The number of anilines is 1. The first-order valence-corrected chi connectivity index (χ1v) is 6.93. The number of fused-ring (bicyclic) bond motifs is 5. The highest BCUT2D eigenvalue weighted by atomic mass is 16.5. The molecule has 3 heterocycles. The van der Waals surface area contributed by atoms with Gasteiger partial charge in [0.2, 0.25) is 5.96 Å². The van der Waals surface area contributed by atoms with E-state index in [1.807, 2.05) is 0 Å². The van der Waals surface area contributed by atoms with Gasteiger partial charge >= 0.3 is 0 Å². The maximum absolute atomic E-state index is 12.4. The molecule has 0 radical (unpaired) electrons. The summed E-state index contributed by atoms with van der Waals surface area (Å²) in [6, 6.07) is 0.645. The van der Waals surface area contributed by atoms with Crippen LogP contribution in [0.25, 0.3) is 0 Å². The van der Waals surface area contributed by atoms with Crippen molar-refractivity contribution in [2.24, 2.45) is 4.99 Å². The van der Waals surface area contributed by atoms with E-state index in [2.05, 4.69) is 14.9 Å². The number of H-pyrrole nitrogens is 1. The lowest BCUT2D eigenvalue weighted by Crippen LogP contribution is -2.51. The molecule has 1 amide bonds. The fourth-order valence-electron chi connectivity index (χ4n) is 3.43. The molecular formula is C13H17N5O2. The number of guanidine groups is 1. The van der Waals surface area contributed by atoms with Crippen LogP contribution in [0.1, 0.15) is 35.6 Å². The van der Waals surface area contributed by atoms with Crippen LogP contribution in [0.15, 0.2) is 4.99 Å². The largest absolute Gasteiger partial charge is 0.377 e. The molecule has 1 fully saturated rings. The van der Waals surface area contributed by atoms with Crippen molar-refractivity contribution in [3.63, 3.8) is 0 Å². The second kappa shape index (κ2) is 4.05. The van der Waals surface area contributed by atoms with Gasteiger partial charge in [-0.15, -0.1) is 0 Å². The summed E-state index contributed by atoms with van der Waals surface area (Å²) in [5, 5.41) is 0. The molecule has 2 atom stereocenters. The van der Waals surface area contributed by atoms with Gasteiger partial charge in [0.1, 0.15) is 18.1 Å². The first-order chi connectivity index (χ1) is 9.70. The zero-order valence-corrected chi connectivity index (χ0v) is 11.6. The first-order valence-electron chi connectivity index (χ1n) is 6.93. The average molecular weight is 275 g/mol. The third-order valence-corrected chi connectivity index (χ3v) is 4.33. The van der Waals surface area contributed by atoms with Crippen molar-refractivity contribution >= 4 is 17.7 Å². The lowest BCUT2D eigenvalue weighted by molar-refractivity contribution is 0.0859. The number of hydrogen-bond acceptors (Lipinski definition) is 5. The van der Waals surface area contributed by atoms with Gasteiger partial charge in [-0.05, 0) is 19.3 Å². The molecule has 1 N–H and O–H groups in total. The van der Waals surface area contributed by atoms with Gasteiger partial charge in [0, 0.05) is 14.2 Å². The van der Waals surface area contributed by atoms with Crippen LogP contribution >= 0.6 is 0 Å². The van der Waals surface area contributed by atoms with Gasteiger partial charge < -0.3 is 9.72 Å². The molecule has 106 valence electrons. The number of aliphatic imine (C=N–C) groups is 1. The summed E-state index contributed by atoms with van der Waals surface area (Å²) in [5.74, 6) is 2.06. The van der Waals surface area contributed by atoms with Crippen molar-refractivity contribution in [2.75, 3.05) is 19.1 Å². The van der Waals surface area contributed by atoms with E-state index in [1.165, 1.54) is 6.42 Å². The van der Waals surface area contributed by atoms with Crippen molar-refractivity contribution < 1.29 is 9.53 Å². The molecule has 0 bridgehead atoms. The first kappa shape index (κ1) is 11.9. The fraction of sp³-hybridized carbons (Fsp3) is 0.615. The predicted molar refractivity (Wildman–Crippen MR) is 72.7 cm³/mol. The molecule has 1 saturated carbocycles. The Labute approximate surface area is 116 Å². The van der Waals surface area contributed by atoms with Gasteiger partial charge in [0.05, 0.1) is 12.1 Å². The molecule has 2 aliphatic heterocycles. The summed E-state index contributed by atoms with van der Waals surface area (Å²) in [5.41, 5.74) is 0.547. The second-order valence-corrected chi connectivity index (χ2v) is 5.54. The Hall–Kier alpha value is -1.89. The molecule has 20 heavy (non-hydrogen) atoms. The molecule has 0 aromatic carbocycles. The topological polar surface area (TPSA) is 73.8 Å². The Morgan fingerprint density at radius 1 is 1.45 bits per heavy atom. The highest BCUT2D eigenvalue weighted by molar-refractivity contribution is 6.18. The third-order valence-electron chi connectivity index (χ3n) is 4.33. The van der Waals surface area contributed by atoms with Crippen LogP contribution in [0.4, 0.5) is 5.82 Å². The lowest BCUT2D eigenvalue weighted by atomic mass is 10.1. The number of amides is 1. The molecule has 3 aliphatic rings. The van der Waals surface area contributed by atoms with Gasteiger partial charge in [0.25, 0.3) is 5.91 Å². The Balaban J connectivity index is 1.83. The molecule has 4 rings (SSSR count). The Morgan fingerprint density at radius 2 is 2.30 bits per heavy atom. The smallest absolute Gasteiger partial charge is 0.280 e. The van der Waals surface area contributed by atoms with Crippen molar-refractivity contribution in [3.05, 3.63) is 11.5 Å². The van der Waals surface area contributed by atoms with Crippen LogP contribution < -0.4 is 4.90 Å². The molecule has 1 aromatic heterocycles. The van der Waals surface area contributed by atoms with Crippen LogP contribution in [0.5, 0.6) is 0 Å². The number of nitrogens with zero attached hydrogens (tertiary/aromatic N) is 4. The number of nitrogens with one attached hydrogen (secondary N) is 1. The van der Waals surface area contributed by atoms with Crippen LogP contribution in [0, 0.1) is 0 Å². The zero-order chi connectivity index (χ0) is 13.9. The number of imidazole rings is 1. The molecule has 7 heteroatoms. The molecule has 7 nitrogen and oxygen atoms in total. The number of rotatable bonds is 2. The van der Waals surface area contributed by atoms with E-state index in [9.17, 15) is 4.79 Å². The highest BCUT2D eigenvalue weighted by Crippen LogP contribution is 2.39. The molecule has 0 saturated heterocycles. The van der Waals surface area contributed by atoms with E-state index in [0.29, 0.717) is 36.0 Å². The van der Waals surface area contributed by atoms with Crippen LogP contribution in [0.2, 0.25) is 0 Å². The molecule has 0 unspecified atom stereocenters. The minimum Gasteiger partial charge on any atom is -0.377 e. The van der Waals surface area contributed by atoms with Crippen molar-refractivity contribution in [1.82, 2.24) is 14.9 Å². The number of methoxy groups -OCH3 is 1. The van der Waals surface area contributed by atoms with Gasteiger partial charge in [-0.1, -0.05) is 0 Å². The quantitative estimate of drug-likeness (QED) is 0.864. The summed E-state index contributed by atoms with van der Waals surface area (Å²) in [6.45, 7) is 0.373. The van der Waals surface area contributed by atoms with Gasteiger partial charge in [-0.2, -0.15) is 0 Å². The maximum atomic E-state index is 12.4. The lowest BCUT2D eigenvalue weighted by Gasteiger charge is -2.33. The van der Waals surface area contributed by atoms with E-state index in [4.69, 9.17) is 9.73 Å². The summed E-state index contributed by atoms with van der Waals surface area (Å²) in [7, 11) is 3.39. The highest BCUT2D eigenvalue weighted by Gasteiger charge is 2.48. The summed E-state index contributed by atoms with van der Waals surface area (Å²) in [6.07, 6.45) is 3.38. The SMILES string of the molecule is COCc1nc2c([nH]1)C(=O)N(C)C1=N[C@@H]3CCC[C@@H]3N12. The monoisotopic (exact) mass is 275 g/mol. The normalized spacial score (nSPS) is 27.5.